The Bertz CT molecular complexity index is 1090. The first-order valence-electron chi connectivity index (χ1n) is 12.8. The van der Waals surface area contributed by atoms with Gasteiger partial charge in [0.2, 0.25) is 0 Å². The summed E-state index contributed by atoms with van der Waals surface area (Å²) in [5.74, 6) is -0.488. The Morgan fingerprint density at radius 2 is 1.95 bits per heavy atom. The molecule has 1 aromatic heterocycles. The van der Waals surface area contributed by atoms with E-state index in [4.69, 9.17) is 14.5 Å². The average Bonchev–Trinajstić information content (AvgIpc) is 3.40. The van der Waals surface area contributed by atoms with Crippen molar-refractivity contribution in [2.24, 2.45) is 5.16 Å². The van der Waals surface area contributed by atoms with Crippen molar-refractivity contribution in [1.82, 2.24) is 15.5 Å². The number of rotatable bonds is 8. The third-order valence-electron chi connectivity index (χ3n) is 6.73. The zero-order valence-corrected chi connectivity index (χ0v) is 21.2. The first kappa shape index (κ1) is 26.8. The van der Waals surface area contributed by atoms with Crippen LogP contribution in [0.5, 0.6) is 0 Å². The summed E-state index contributed by atoms with van der Waals surface area (Å²) in [6.07, 6.45) is 4.16. The Morgan fingerprint density at radius 1 is 1.22 bits per heavy atom. The zero-order valence-electron chi connectivity index (χ0n) is 21.2. The van der Waals surface area contributed by atoms with Crippen molar-refractivity contribution >= 4 is 23.4 Å². The summed E-state index contributed by atoms with van der Waals surface area (Å²) in [5.41, 5.74) is 0.985. The SMILES string of the molecule is CC(C)c1noc(N2CCC(ON=C3CCC(c4cc(F)c(NC(=O)NCCO)cc4F)CC3)CC2)n1. The second kappa shape index (κ2) is 12.3. The van der Waals surface area contributed by atoms with Gasteiger partial charge in [0.25, 0.3) is 0 Å². The Balaban J connectivity index is 1.24. The lowest BCUT2D eigenvalue weighted by atomic mass is 9.83. The Labute approximate surface area is 214 Å². The highest BCUT2D eigenvalue weighted by Crippen LogP contribution is 2.35. The molecule has 0 spiro atoms. The standard InChI is InChI=1S/C25H34F2N6O4/c1-15(2)23-30-25(37-32-23)33-10-7-18(8-11-33)36-31-17-5-3-16(4-6-17)19-13-21(27)22(14-20(19)26)29-24(35)28-9-12-34/h13-16,18,34H,3-12H2,1-2H3,(H2,28,29,35). The summed E-state index contributed by atoms with van der Waals surface area (Å²) in [7, 11) is 0. The highest BCUT2D eigenvalue weighted by Gasteiger charge is 2.27. The number of nitrogens with zero attached hydrogens (tertiary/aromatic N) is 4. The number of aliphatic hydroxyl groups is 1. The van der Waals surface area contributed by atoms with Crippen LogP contribution >= 0.6 is 0 Å². The lowest BCUT2D eigenvalue weighted by Gasteiger charge is -2.29. The number of halogens is 2. The summed E-state index contributed by atoms with van der Waals surface area (Å²) in [6.45, 7) is 5.30. The molecule has 0 atom stereocenters. The molecular formula is C25H34F2N6O4. The maximum absolute atomic E-state index is 14.7. The maximum Gasteiger partial charge on any atom is 0.324 e. The second-order valence-corrected chi connectivity index (χ2v) is 9.77. The van der Waals surface area contributed by atoms with E-state index in [2.05, 4.69) is 30.8 Å². The summed E-state index contributed by atoms with van der Waals surface area (Å²) in [4.78, 5) is 24.0. The number of nitrogens with one attached hydrogen (secondary N) is 2. The van der Waals surface area contributed by atoms with Crippen molar-refractivity contribution in [2.75, 3.05) is 36.5 Å². The van der Waals surface area contributed by atoms with Crippen molar-refractivity contribution < 1.29 is 28.0 Å². The van der Waals surface area contributed by atoms with Crippen LogP contribution in [0.3, 0.4) is 0 Å². The fourth-order valence-corrected chi connectivity index (χ4v) is 4.55. The number of aliphatic hydroxyl groups excluding tert-OH is 1. The molecule has 0 bridgehead atoms. The van der Waals surface area contributed by atoms with E-state index < -0.39 is 17.7 Å². The van der Waals surface area contributed by atoms with Gasteiger partial charge in [-0.3, -0.25) is 0 Å². The van der Waals surface area contributed by atoms with Crippen molar-refractivity contribution in [1.29, 1.82) is 0 Å². The number of hydrogen-bond donors (Lipinski definition) is 3. The van der Waals surface area contributed by atoms with Crippen molar-refractivity contribution in [3.63, 3.8) is 0 Å². The highest BCUT2D eigenvalue weighted by atomic mass is 19.1. The third kappa shape index (κ3) is 6.94. The molecular weight excluding hydrogens is 486 g/mol. The van der Waals surface area contributed by atoms with Gasteiger partial charge < -0.3 is 30.0 Å². The van der Waals surface area contributed by atoms with E-state index in [1.165, 1.54) is 0 Å². The molecule has 1 saturated heterocycles. The third-order valence-corrected chi connectivity index (χ3v) is 6.73. The van der Waals surface area contributed by atoms with Crippen LogP contribution in [0.15, 0.2) is 21.8 Å². The minimum absolute atomic E-state index is 0.00938. The number of hydrogen-bond acceptors (Lipinski definition) is 8. The van der Waals surface area contributed by atoms with Gasteiger partial charge in [0, 0.05) is 44.5 Å². The number of carbonyl (C=O) groups is 1. The van der Waals surface area contributed by atoms with Crippen LogP contribution in [0.2, 0.25) is 0 Å². The predicted molar refractivity (Wildman–Crippen MR) is 134 cm³/mol. The minimum atomic E-state index is -0.709. The molecule has 2 aromatic rings. The van der Waals surface area contributed by atoms with Crippen LogP contribution in [-0.2, 0) is 4.84 Å². The zero-order chi connectivity index (χ0) is 26.4. The first-order valence-corrected chi connectivity index (χ1v) is 12.8. The molecule has 4 rings (SSSR count). The molecule has 202 valence electrons. The number of aromatic nitrogens is 2. The van der Waals surface area contributed by atoms with E-state index >= 15 is 0 Å². The average molecular weight is 521 g/mol. The molecule has 1 saturated carbocycles. The Hall–Kier alpha value is -3.28. The van der Waals surface area contributed by atoms with E-state index in [0.717, 1.165) is 43.8 Å². The fraction of sp³-hybridized carbons (Fsp3) is 0.600. The van der Waals surface area contributed by atoms with Crippen LogP contribution in [0.25, 0.3) is 0 Å². The Morgan fingerprint density at radius 3 is 2.59 bits per heavy atom. The topological polar surface area (TPSA) is 125 Å². The largest absolute Gasteiger partial charge is 0.395 e. The van der Waals surface area contributed by atoms with Gasteiger partial charge in [0.05, 0.1) is 18.0 Å². The van der Waals surface area contributed by atoms with Crippen molar-refractivity contribution in [3.8, 4) is 0 Å². The van der Waals surface area contributed by atoms with E-state index in [1.807, 2.05) is 13.8 Å². The van der Waals surface area contributed by atoms with E-state index in [0.29, 0.717) is 43.1 Å². The van der Waals surface area contributed by atoms with Gasteiger partial charge >= 0.3 is 12.0 Å². The molecule has 0 radical (unpaired) electrons. The molecule has 1 aliphatic carbocycles. The molecule has 2 amide bonds. The Kier molecular flexibility index (Phi) is 8.91. The number of benzene rings is 1. The maximum atomic E-state index is 14.7. The van der Waals surface area contributed by atoms with Gasteiger partial charge in [0.1, 0.15) is 17.7 Å². The fourth-order valence-electron chi connectivity index (χ4n) is 4.55. The number of piperidine rings is 1. The number of oxime groups is 1. The molecule has 2 heterocycles. The summed E-state index contributed by atoms with van der Waals surface area (Å²) >= 11 is 0. The van der Waals surface area contributed by atoms with Gasteiger partial charge in [-0.05, 0) is 43.2 Å². The van der Waals surface area contributed by atoms with E-state index in [1.54, 1.807) is 0 Å². The van der Waals surface area contributed by atoms with Gasteiger partial charge in [-0.25, -0.2) is 13.6 Å². The minimum Gasteiger partial charge on any atom is -0.395 e. The predicted octanol–water partition coefficient (Wildman–Crippen LogP) is 4.28. The number of anilines is 2. The van der Waals surface area contributed by atoms with Gasteiger partial charge in [-0.1, -0.05) is 24.2 Å². The van der Waals surface area contributed by atoms with Crippen LogP contribution in [0.4, 0.5) is 25.3 Å². The molecule has 10 nitrogen and oxygen atoms in total. The van der Waals surface area contributed by atoms with Crippen LogP contribution < -0.4 is 15.5 Å². The van der Waals surface area contributed by atoms with E-state index in [9.17, 15) is 13.6 Å². The normalized spacial score (nSPS) is 18.7. The lowest BCUT2D eigenvalue weighted by molar-refractivity contribution is 0.0401. The summed E-state index contributed by atoms with van der Waals surface area (Å²) in [5, 5.41) is 21.7. The molecule has 2 aliphatic rings. The number of urea groups is 1. The van der Waals surface area contributed by atoms with Crippen LogP contribution in [0.1, 0.15) is 75.6 Å². The quantitative estimate of drug-likeness (QED) is 0.444. The molecule has 1 aromatic carbocycles. The molecule has 1 aliphatic heterocycles. The second-order valence-electron chi connectivity index (χ2n) is 9.77. The van der Waals surface area contributed by atoms with Crippen molar-refractivity contribution in [3.05, 3.63) is 35.2 Å². The number of amides is 2. The molecule has 0 unspecified atom stereocenters. The van der Waals surface area contributed by atoms with Gasteiger partial charge in [0.15, 0.2) is 5.82 Å². The molecule has 2 fully saturated rings. The van der Waals surface area contributed by atoms with Gasteiger partial charge in [-0.15, -0.1) is 0 Å². The van der Waals surface area contributed by atoms with Crippen LogP contribution in [0, 0.1) is 11.6 Å². The summed E-state index contributed by atoms with van der Waals surface area (Å²) in [6, 6.07) is 1.99. The van der Waals surface area contributed by atoms with Gasteiger partial charge in [-0.2, -0.15) is 4.98 Å². The molecule has 37 heavy (non-hydrogen) atoms. The monoisotopic (exact) mass is 520 g/mol. The van der Waals surface area contributed by atoms with Crippen molar-refractivity contribution in [2.45, 2.75) is 70.3 Å². The summed E-state index contributed by atoms with van der Waals surface area (Å²) < 4.78 is 34.6. The lowest BCUT2D eigenvalue weighted by Crippen LogP contribution is -2.36. The van der Waals surface area contributed by atoms with Crippen LogP contribution in [-0.4, -0.2) is 59.3 Å². The molecule has 3 N–H and O–H groups in total. The number of carbonyl (C=O) groups excluding carboxylic acids is 1. The van der Waals surface area contributed by atoms with E-state index in [-0.39, 0.29) is 36.8 Å². The first-order chi connectivity index (χ1) is 17.8. The smallest absolute Gasteiger partial charge is 0.324 e. The highest BCUT2D eigenvalue weighted by molar-refractivity contribution is 5.89. The molecule has 12 heteroatoms.